The Labute approximate surface area is 143 Å². The fourth-order valence-corrected chi connectivity index (χ4v) is 2.19. The molecular formula is C16H15N7O2. The van der Waals surface area contributed by atoms with Crippen LogP contribution < -0.4 is 10.6 Å². The van der Waals surface area contributed by atoms with E-state index in [0.717, 1.165) is 11.3 Å². The topological polar surface area (TPSA) is 119 Å². The standard InChI is InChI=1S/C16H15N7O2/c1-10-6-7-17-13(8-10)22-16-14(23(24)25)15(18-9-19-16)21-12-5-3-4-11(2)20-12/h3-9H,1-2H3,(H2,17,18,19,20,21,22). The molecule has 0 amide bonds. The van der Waals surface area contributed by atoms with Crippen LogP contribution in [0.15, 0.2) is 42.9 Å². The fraction of sp³-hybridized carbons (Fsp3) is 0.125. The number of hydrogen-bond donors (Lipinski definition) is 2. The van der Waals surface area contributed by atoms with E-state index in [-0.39, 0.29) is 17.3 Å². The van der Waals surface area contributed by atoms with Crippen molar-refractivity contribution in [2.45, 2.75) is 13.8 Å². The second kappa shape index (κ2) is 6.87. The molecule has 2 N–H and O–H groups in total. The SMILES string of the molecule is Cc1ccnc(Nc2ncnc(Nc3cccc(C)n3)c2[N+](=O)[O-])c1. The molecular weight excluding hydrogens is 322 g/mol. The number of aryl methyl sites for hydroxylation is 2. The van der Waals surface area contributed by atoms with Gasteiger partial charge in [0.25, 0.3) is 0 Å². The van der Waals surface area contributed by atoms with E-state index in [4.69, 9.17) is 0 Å². The van der Waals surface area contributed by atoms with Crippen molar-refractivity contribution in [3.63, 3.8) is 0 Å². The molecule has 3 aromatic heterocycles. The first kappa shape index (κ1) is 16.2. The molecule has 0 aliphatic rings. The van der Waals surface area contributed by atoms with Gasteiger partial charge in [-0.25, -0.2) is 19.9 Å². The number of nitro groups is 1. The van der Waals surface area contributed by atoms with E-state index >= 15 is 0 Å². The summed E-state index contributed by atoms with van der Waals surface area (Å²) in [6.45, 7) is 3.73. The van der Waals surface area contributed by atoms with Crippen molar-refractivity contribution in [3.05, 3.63) is 64.2 Å². The van der Waals surface area contributed by atoms with Crippen molar-refractivity contribution in [2.75, 3.05) is 10.6 Å². The molecule has 0 spiro atoms. The molecule has 9 nitrogen and oxygen atoms in total. The molecule has 0 bridgehead atoms. The van der Waals surface area contributed by atoms with Gasteiger partial charge < -0.3 is 10.6 Å². The maximum Gasteiger partial charge on any atom is 0.354 e. The molecule has 0 aromatic carbocycles. The first-order chi connectivity index (χ1) is 12.0. The molecule has 3 aromatic rings. The van der Waals surface area contributed by atoms with Gasteiger partial charge in [0.2, 0.25) is 11.6 Å². The minimum Gasteiger partial charge on any atom is -0.319 e. The van der Waals surface area contributed by atoms with Gasteiger partial charge in [0.05, 0.1) is 4.92 Å². The second-order valence-corrected chi connectivity index (χ2v) is 5.31. The van der Waals surface area contributed by atoms with Gasteiger partial charge in [-0.15, -0.1) is 0 Å². The van der Waals surface area contributed by atoms with Gasteiger partial charge in [0, 0.05) is 11.9 Å². The Bertz CT molecular complexity index is 864. The Kier molecular flexibility index (Phi) is 4.46. The van der Waals surface area contributed by atoms with Crippen LogP contribution in [0, 0.1) is 24.0 Å². The summed E-state index contributed by atoms with van der Waals surface area (Å²) in [7, 11) is 0. The largest absolute Gasteiger partial charge is 0.354 e. The predicted octanol–water partition coefficient (Wildman–Crippen LogP) is 3.28. The van der Waals surface area contributed by atoms with Gasteiger partial charge in [0.15, 0.2) is 0 Å². The predicted molar refractivity (Wildman–Crippen MR) is 93.2 cm³/mol. The molecule has 25 heavy (non-hydrogen) atoms. The lowest BCUT2D eigenvalue weighted by molar-refractivity contribution is -0.383. The van der Waals surface area contributed by atoms with Crippen molar-refractivity contribution in [1.82, 2.24) is 19.9 Å². The Balaban J connectivity index is 1.98. The van der Waals surface area contributed by atoms with Crippen molar-refractivity contribution in [3.8, 4) is 0 Å². The first-order valence-corrected chi connectivity index (χ1v) is 7.42. The second-order valence-electron chi connectivity index (χ2n) is 5.31. The van der Waals surface area contributed by atoms with Crippen LogP contribution >= 0.6 is 0 Å². The third kappa shape index (κ3) is 3.83. The maximum atomic E-state index is 11.6. The number of nitrogens with one attached hydrogen (secondary N) is 2. The zero-order chi connectivity index (χ0) is 17.8. The van der Waals surface area contributed by atoms with Gasteiger partial charge in [0.1, 0.15) is 18.0 Å². The van der Waals surface area contributed by atoms with Crippen LogP contribution in [-0.4, -0.2) is 24.9 Å². The van der Waals surface area contributed by atoms with Crippen LogP contribution in [0.4, 0.5) is 29.0 Å². The molecule has 0 radical (unpaired) electrons. The Hall–Kier alpha value is -3.62. The van der Waals surface area contributed by atoms with Crippen LogP contribution in [0.5, 0.6) is 0 Å². The highest BCUT2D eigenvalue weighted by atomic mass is 16.6. The first-order valence-electron chi connectivity index (χ1n) is 7.42. The van der Waals surface area contributed by atoms with Crippen molar-refractivity contribution < 1.29 is 4.92 Å². The zero-order valence-electron chi connectivity index (χ0n) is 13.6. The van der Waals surface area contributed by atoms with E-state index in [1.54, 1.807) is 24.4 Å². The molecule has 0 fully saturated rings. The lowest BCUT2D eigenvalue weighted by Gasteiger charge is -2.09. The Morgan fingerprint density at radius 3 is 2.36 bits per heavy atom. The summed E-state index contributed by atoms with van der Waals surface area (Å²) in [5.74, 6) is 1.02. The average molecular weight is 337 g/mol. The zero-order valence-corrected chi connectivity index (χ0v) is 13.6. The van der Waals surface area contributed by atoms with Crippen LogP contribution in [0.3, 0.4) is 0 Å². The minimum atomic E-state index is -0.545. The summed E-state index contributed by atoms with van der Waals surface area (Å²) in [5.41, 5.74) is 1.47. The monoisotopic (exact) mass is 337 g/mol. The summed E-state index contributed by atoms with van der Waals surface area (Å²) < 4.78 is 0. The van der Waals surface area contributed by atoms with Gasteiger partial charge in [-0.3, -0.25) is 10.1 Å². The van der Waals surface area contributed by atoms with Crippen molar-refractivity contribution >= 4 is 29.0 Å². The Morgan fingerprint density at radius 2 is 1.72 bits per heavy atom. The molecule has 0 aliphatic heterocycles. The van der Waals surface area contributed by atoms with Crippen LogP contribution in [0.2, 0.25) is 0 Å². The van der Waals surface area contributed by atoms with Crippen LogP contribution in [0.25, 0.3) is 0 Å². The van der Waals surface area contributed by atoms with Crippen LogP contribution in [-0.2, 0) is 0 Å². The van der Waals surface area contributed by atoms with Gasteiger partial charge in [-0.2, -0.15) is 0 Å². The van der Waals surface area contributed by atoms with Crippen molar-refractivity contribution in [1.29, 1.82) is 0 Å². The van der Waals surface area contributed by atoms with E-state index in [0.29, 0.717) is 11.6 Å². The summed E-state index contributed by atoms with van der Waals surface area (Å²) >= 11 is 0. The molecule has 0 unspecified atom stereocenters. The molecule has 0 aliphatic carbocycles. The number of aromatic nitrogens is 4. The number of hydrogen-bond acceptors (Lipinski definition) is 8. The van der Waals surface area contributed by atoms with Gasteiger partial charge in [-0.05, 0) is 43.7 Å². The highest BCUT2D eigenvalue weighted by Gasteiger charge is 2.23. The normalized spacial score (nSPS) is 10.3. The lowest BCUT2D eigenvalue weighted by atomic mass is 10.3. The molecule has 0 saturated carbocycles. The number of anilines is 4. The van der Waals surface area contributed by atoms with E-state index in [1.807, 2.05) is 26.0 Å². The van der Waals surface area contributed by atoms with Gasteiger partial charge in [-0.1, -0.05) is 6.07 Å². The number of pyridine rings is 2. The van der Waals surface area contributed by atoms with Crippen molar-refractivity contribution in [2.24, 2.45) is 0 Å². The Morgan fingerprint density at radius 1 is 1.00 bits per heavy atom. The highest BCUT2D eigenvalue weighted by Crippen LogP contribution is 2.32. The molecule has 126 valence electrons. The molecule has 0 atom stereocenters. The molecule has 3 rings (SSSR count). The van der Waals surface area contributed by atoms with E-state index in [9.17, 15) is 10.1 Å². The third-order valence-electron chi connectivity index (χ3n) is 3.30. The molecule has 9 heteroatoms. The lowest BCUT2D eigenvalue weighted by Crippen LogP contribution is -2.06. The summed E-state index contributed by atoms with van der Waals surface area (Å²) in [5, 5.41) is 17.3. The maximum absolute atomic E-state index is 11.6. The molecule has 0 saturated heterocycles. The number of nitrogens with zero attached hydrogens (tertiary/aromatic N) is 5. The van der Waals surface area contributed by atoms with E-state index in [2.05, 4.69) is 30.6 Å². The quantitative estimate of drug-likeness (QED) is 0.538. The summed E-state index contributed by atoms with van der Waals surface area (Å²) in [6, 6.07) is 8.93. The summed E-state index contributed by atoms with van der Waals surface area (Å²) in [6.07, 6.45) is 2.85. The number of rotatable bonds is 5. The van der Waals surface area contributed by atoms with E-state index in [1.165, 1.54) is 6.33 Å². The summed E-state index contributed by atoms with van der Waals surface area (Å²) in [4.78, 5) is 27.4. The average Bonchev–Trinajstić information content (AvgIpc) is 2.55. The molecule has 3 heterocycles. The van der Waals surface area contributed by atoms with Gasteiger partial charge >= 0.3 is 5.69 Å². The van der Waals surface area contributed by atoms with E-state index < -0.39 is 4.92 Å². The van der Waals surface area contributed by atoms with Crippen LogP contribution in [0.1, 0.15) is 11.3 Å². The minimum absolute atomic E-state index is 0.0493. The highest BCUT2D eigenvalue weighted by molar-refractivity contribution is 5.75. The smallest absolute Gasteiger partial charge is 0.319 e. The third-order valence-corrected chi connectivity index (χ3v) is 3.30. The fourth-order valence-electron chi connectivity index (χ4n) is 2.19.